The van der Waals surface area contributed by atoms with Crippen LogP contribution in [0.5, 0.6) is 0 Å². The van der Waals surface area contributed by atoms with Crippen LogP contribution in [-0.4, -0.2) is 14.8 Å². The Kier molecular flexibility index (Phi) is 0.664. The smallest absolute Gasteiger partial charge is 0.220 e. The lowest BCUT2D eigenvalue weighted by Crippen LogP contribution is -1.91. The van der Waals surface area contributed by atoms with Gasteiger partial charge in [-0.15, -0.1) is 5.10 Å². The van der Waals surface area contributed by atoms with Crippen molar-refractivity contribution < 1.29 is 0 Å². The van der Waals surface area contributed by atoms with E-state index in [4.69, 9.17) is 0 Å². The first-order valence-electron chi connectivity index (χ1n) is 2.74. The van der Waals surface area contributed by atoms with Crippen molar-refractivity contribution in [1.29, 1.82) is 0 Å². The second-order valence-corrected chi connectivity index (χ2v) is 2.06. The third-order valence-electron chi connectivity index (χ3n) is 1.31. The average molecular weight is 108 g/mol. The molecule has 0 N–H and O–H groups in total. The Balaban J connectivity index is 2.28. The largest absolute Gasteiger partial charge is 0.249 e. The molecule has 1 saturated carbocycles. The number of nitrogens with zero attached hydrogens (tertiary/aromatic N) is 3. The molecule has 0 atom stereocenters. The van der Waals surface area contributed by atoms with Crippen LogP contribution in [0.2, 0.25) is 0 Å². The summed E-state index contributed by atoms with van der Waals surface area (Å²) in [5.74, 6) is 0. The molecule has 1 aromatic rings. The van der Waals surface area contributed by atoms with Crippen LogP contribution < -0.4 is 0 Å². The van der Waals surface area contributed by atoms with E-state index in [0.29, 0.717) is 6.04 Å². The van der Waals surface area contributed by atoms with E-state index in [2.05, 4.69) is 16.4 Å². The Bertz CT molecular complexity index is 164. The lowest BCUT2D eigenvalue weighted by atomic mass is 10.7. The summed E-state index contributed by atoms with van der Waals surface area (Å²) in [6.07, 6.45) is 6.76. The van der Waals surface area contributed by atoms with Crippen molar-refractivity contribution in [1.82, 2.24) is 14.8 Å². The van der Waals surface area contributed by atoms with E-state index in [1.165, 1.54) is 12.8 Å². The maximum absolute atomic E-state index is 3.86. The van der Waals surface area contributed by atoms with Gasteiger partial charge in [-0.1, -0.05) is 0 Å². The highest BCUT2D eigenvalue weighted by molar-refractivity contribution is 4.79. The Morgan fingerprint density at radius 3 is 3.00 bits per heavy atom. The van der Waals surface area contributed by atoms with Gasteiger partial charge in [0.15, 0.2) is 0 Å². The highest BCUT2D eigenvalue weighted by Crippen LogP contribution is 2.33. The molecule has 0 spiro atoms. The minimum absolute atomic E-state index is 0.647. The molecule has 3 heteroatoms. The summed E-state index contributed by atoms with van der Waals surface area (Å²) in [4.78, 5) is 3.71. The molecule has 0 saturated heterocycles. The summed E-state index contributed by atoms with van der Waals surface area (Å²) < 4.78 is 1.86. The second kappa shape index (κ2) is 1.31. The average Bonchev–Trinajstić information content (AvgIpc) is 2.49. The zero-order valence-electron chi connectivity index (χ0n) is 4.41. The molecule has 1 aliphatic rings. The topological polar surface area (TPSA) is 30.7 Å². The summed E-state index contributed by atoms with van der Waals surface area (Å²) >= 11 is 0. The summed E-state index contributed by atoms with van der Waals surface area (Å²) in [7, 11) is 0. The predicted octanol–water partition coefficient (Wildman–Crippen LogP) is 0.413. The third kappa shape index (κ3) is 0.510. The van der Waals surface area contributed by atoms with Crippen LogP contribution in [0.4, 0.5) is 0 Å². The standard InChI is InChI=1S/C5H6N3/c1-2-5(1)8-4-6-3-7-8/h4-5H,1-2H2. The molecule has 3 nitrogen and oxygen atoms in total. The van der Waals surface area contributed by atoms with E-state index >= 15 is 0 Å². The van der Waals surface area contributed by atoms with Gasteiger partial charge in [-0.25, -0.2) is 9.67 Å². The number of hydrogen-bond acceptors (Lipinski definition) is 2. The first-order valence-corrected chi connectivity index (χ1v) is 2.74. The number of aromatic nitrogens is 3. The maximum atomic E-state index is 3.86. The van der Waals surface area contributed by atoms with E-state index in [9.17, 15) is 0 Å². The zero-order chi connectivity index (χ0) is 5.40. The Morgan fingerprint density at radius 1 is 1.62 bits per heavy atom. The van der Waals surface area contributed by atoms with Crippen molar-refractivity contribution in [3.05, 3.63) is 12.7 Å². The predicted molar refractivity (Wildman–Crippen MR) is 27.1 cm³/mol. The van der Waals surface area contributed by atoms with Gasteiger partial charge in [-0.3, -0.25) is 0 Å². The first kappa shape index (κ1) is 4.06. The molecule has 1 aliphatic carbocycles. The molecule has 2 rings (SSSR count). The first-order chi connectivity index (χ1) is 3.97. The molecule has 0 aliphatic heterocycles. The summed E-state index contributed by atoms with van der Waals surface area (Å²) in [6, 6.07) is 0.647. The molecule has 0 unspecified atom stereocenters. The molecule has 0 aromatic carbocycles. The van der Waals surface area contributed by atoms with Crippen LogP contribution in [0, 0.1) is 6.33 Å². The van der Waals surface area contributed by atoms with Crippen LogP contribution in [0.25, 0.3) is 0 Å². The molecule has 41 valence electrons. The van der Waals surface area contributed by atoms with Gasteiger partial charge < -0.3 is 0 Å². The molecule has 1 heterocycles. The minimum atomic E-state index is 0.647. The Labute approximate surface area is 47.3 Å². The van der Waals surface area contributed by atoms with Crippen molar-refractivity contribution >= 4 is 0 Å². The normalized spacial score (nSPS) is 19.0. The van der Waals surface area contributed by atoms with Crippen molar-refractivity contribution in [3.8, 4) is 0 Å². The van der Waals surface area contributed by atoms with E-state index < -0.39 is 0 Å². The zero-order valence-corrected chi connectivity index (χ0v) is 4.41. The van der Waals surface area contributed by atoms with Crippen LogP contribution in [0.3, 0.4) is 0 Å². The third-order valence-corrected chi connectivity index (χ3v) is 1.31. The van der Waals surface area contributed by atoms with Crippen molar-refractivity contribution in [3.63, 3.8) is 0 Å². The van der Waals surface area contributed by atoms with Crippen molar-refractivity contribution in [2.75, 3.05) is 0 Å². The lowest BCUT2D eigenvalue weighted by molar-refractivity contribution is 0.638. The second-order valence-electron chi connectivity index (χ2n) is 2.06. The molecule has 1 aromatic heterocycles. The van der Waals surface area contributed by atoms with Crippen LogP contribution in [0.15, 0.2) is 6.33 Å². The van der Waals surface area contributed by atoms with E-state index in [0.717, 1.165) is 0 Å². The lowest BCUT2D eigenvalue weighted by Gasteiger charge is -1.88. The summed E-state index contributed by atoms with van der Waals surface area (Å²) in [6.45, 7) is 0. The maximum Gasteiger partial charge on any atom is 0.220 e. The summed E-state index contributed by atoms with van der Waals surface area (Å²) in [5, 5.41) is 3.86. The van der Waals surface area contributed by atoms with Crippen molar-refractivity contribution in [2.45, 2.75) is 18.9 Å². The van der Waals surface area contributed by atoms with Gasteiger partial charge in [0.2, 0.25) is 6.33 Å². The Hall–Kier alpha value is -0.860. The van der Waals surface area contributed by atoms with Gasteiger partial charge in [0.1, 0.15) is 6.33 Å². The molecule has 0 bridgehead atoms. The molecular formula is C5H6N3. The summed E-state index contributed by atoms with van der Waals surface area (Å²) in [5.41, 5.74) is 0. The van der Waals surface area contributed by atoms with Crippen LogP contribution >= 0.6 is 0 Å². The van der Waals surface area contributed by atoms with Gasteiger partial charge in [0.05, 0.1) is 6.04 Å². The number of rotatable bonds is 1. The van der Waals surface area contributed by atoms with E-state index in [1.807, 2.05) is 4.68 Å². The van der Waals surface area contributed by atoms with E-state index in [-0.39, 0.29) is 0 Å². The highest BCUT2D eigenvalue weighted by atomic mass is 15.3. The fraction of sp³-hybridized carbons (Fsp3) is 0.600. The monoisotopic (exact) mass is 108 g/mol. The van der Waals surface area contributed by atoms with Gasteiger partial charge in [0, 0.05) is 0 Å². The molecular weight excluding hydrogens is 102 g/mol. The van der Waals surface area contributed by atoms with Crippen molar-refractivity contribution in [2.24, 2.45) is 0 Å². The minimum Gasteiger partial charge on any atom is -0.249 e. The van der Waals surface area contributed by atoms with Crippen LogP contribution in [-0.2, 0) is 0 Å². The molecule has 1 fully saturated rings. The Morgan fingerprint density at radius 2 is 2.50 bits per heavy atom. The molecule has 0 amide bonds. The van der Waals surface area contributed by atoms with Gasteiger partial charge >= 0.3 is 0 Å². The van der Waals surface area contributed by atoms with E-state index in [1.54, 1.807) is 6.33 Å². The van der Waals surface area contributed by atoms with Gasteiger partial charge in [-0.2, -0.15) is 0 Å². The van der Waals surface area contributed by atoms with Gasteiger partial charge in [-0.05, 0) is 12.8 Å². The van der Waals surface area contributed by atoms with Crippen LogP contribution in [0.1, 0.15) is 18.9 Å². The number of hydrogen-bond donors (Lipinski definition) is 0. The fourth-order valence-corrected chi connectivity index (χ4v) is 0.703. The highest BCUT2D eigenvalue weighted by Gasteiger charge is 2.23. The van der Waals surface area contributed by atoms with Gasteiger partial charge in [0.25, 0.3) is 0 Å². The SMILES string of the molecule is [c]1ncn(C2CC2)n1. The molecule has 1 radical (unpaired) electrons. The quantitative estimate of drug-likeness (QED) is 0.521. The molecule has 8 heavy (non-hydrogen) atoms. The fourth-order valence-electron chi connectivity index (χ4n) is 0.703.